The molecule has 2 aromatic carbocycles. The molecule has 0 aliphatic carbocycles. The summed E-state index contributed by atoms with van der Waals surface area (Å²) in [6, 6.07) is 10.5. The lowest BCUT2D eigenvalue weighted by atomic mass is 10.1. The van der Waals surface area contributed by atoms with Crippen molar-refractivity contribution in [2.24, 2.45) is 0 Å². The molecule has 1 aliphatic rings. The van der Waals surface area contributed by atoms with Gasteiger partial charge >= 0.3 is 0 Å². The number of methoxy groups -OCH3 is 1. The Bertz CT molecular complexity index is 963. The first kappa shape index (κ1) is 20.3. The first-order valence-corrected chi connectivity index (χ1v) is 9.11. The minimum absolute atomic E-state index is 0.0347. The molecule has 1 atom stereocenters. The number of anilines is 2. The number of fused-ring (bicyclic) bond motifs is 1. The lowest BCUT2D eigenvalue weighted by molar-refractivity contribution is -0.119. The molecule has 1 aliphatic heterocycles. The molecule has 7 nitrogen and oxygen atoms in total. The standard InChI is InChI=1S/C21H22FN3O4/c1-13-10-19(26)23-16-6-4-5-7-17(16)25(13)20(27)12-24(2)21(28)14-8-9-18(29-3)15(22)11-14/h4-9,11,13H,10,12H2,1-3H3,(H,23,26)/t13-/m1/s1. The van der Waals surface area contributed by atoms with E-state index in [9.17, 15) is 18.8 Å². The van der Waals surface area contributed by atoms with Crippen molar-refractivity contribution < 1.29 is 23.5 Å². The SMILES string of the molecule is COc1ccc(C(=O)N(C)CC(=O)N2c3ccccc3NC(=O)C[C@H]2C)cc1F. The second-order valence-electron chi connectivity index (χ2n) is 6.89. The molecule has 0 fully saturated rings. The van der Waals surface area contributed by atoms with Crippen LogP contribution in [-0.2, 0) is 9.59 Å². The number of halogens is 1. The van der Waals surface area contributed by atoms with Crippen molar-refractivity contribution >= 4 is 29.1 Å². The van der Waals surface area contributed by atoms with Gasteiger partial charge in [-0.05, 0) is 37.3 Å². The fraction of sp³-hybridized carbons (Fsp3) is 0.286. The summed E-state index contributed by atoms with van der Waals surface area (Å²) in [4.78, 5) is 40.5. The molecule has 152 valence electrons. The van der Waals surface area contributed by atoms with Crippen molar-refractivity contribution in [2.45, 2.75) is 19.4 Å². The maximum absolute atomic E-state index is 13.9. The van der Waals surface area contributed by atoms with Crippen LogP contribution in [0.5, 0.6) is 5.75 Å². The first-order chi connectivity index (χ1) is 13.8. The number of carbonyl (C=O) groups excluding carboxylic acids is 3. The van der Waals surface area contributed by atoms with Gasteiger partial charge in [0.1, 0.15) is 6.54 Å². The van der Waals surface area contributed by atoms with Gasteiger partial charge in [0, 0.05) is 25.1 Å². The van der Waals surface area contributed by atoms with Crippen molar-refractivity contribution in [1.82, 2.24) is 4.90 Å². The van der Waals surface area contributed by atoms with Crippen LogP contribution in [0.25, 0.3) is 0 Å². The fourth-order valence-electron chi connectivity index (χ4n) is 3.34. The summed E-state index contributed by atoms with van der Waals surface area (Å²) >= 11 is 0. The molecule has 3 amide bonds. The average Bonchev–Trinajstić information content (AvgIpc) is 2.81. The monoisotopic (exact) mass is 399 g/mol. The summed E-state index contributed by atoms with van der Waals surface area (Å²) < 4.78 is 18.8. The fourth-order valence-corrected chi connectivity index (χ4v) is 3.34. The molecule has 0 aromatic heterocycles. The van der Waals surface area contributed by atoms with Crippen molar-refractivity contribution in [2.75, 3.05) is 30.9 Å². The number of nitrogens with zero attached hydrogens (tertiary/aromatic N) is 2. The average molecular weight is 399 g/mol. The van der Waals surface area contributed by atoms with Crippen LogP contribution < -0.4 is 15.0 Å². The van der Waals surface area contributed by atoms with E-state index >= 15 is 0 Å². The molecule has 0 spiro atoms. The molecule has 2 aromatic rings. The van der Waals surface area contributed by atoms with Gasteiger partial charge in [-0.2, -0.15) is 0 Å². The third-order valence-electron chi connectivity index (χ3n) is 4.75. The maximum atomic E-state index is 13.9. The van der Waals surface area contributed by atoms with Gasteiger partial charge in [0.15, 0.2) is 11.6 Å². The van der Waals surface area contributed by atoms with Crippen LogP contribution in [-0.4, -0.2) is 49.4 Å². The van der Waals surface area contributed by atoms with E-state index < -0.39 is 11.7 Å². The largest absolute Gasteiger partial charge is 0.494 e. The number of para-hydroxylation sites is 2. The van der Waals surface area contributed by atoms with E-state index in [1.54, 1.807) is 31.2 Å². The Balaban J connectivity index is 1.81. The van der Waals surface area contributed by atoms with Crippen LogP contribution in [0.4, 0.5) is 15.8 Å². The van der Waals surface area contributed by atoms with Gasteiger partial charge in [-0.1, -0.05) is 12.1 Å². The molecular weight excluding hydrogens is 377 g/mol. The van der Waals surface area contributed by atoms with Crippen molar-refractivity contribution in [1.29, 1.82) is 0 Å². The molecule has 1 heterocycles. The van der Waals surface area contributed by atoms with Crippen LogP contribution in [0.15, 0.2) is 42.5 Å². The van der Waals surface area contributed by atoms with Gasteiger partial charge in [-0.25, -0.2) is 4.39 Å². The van der Waals surface area contributed by atoms with Crippen LogP contribution in [0.1, 0.15) is 23.7 Å². The van der Waals surface area contributed by atoms with Gasteiger partial charge in [0.05, 0.1) is 18.5 Å². The molecule has 1 N–H and O–H groups in total. The topological polar surface area (TPSA) is 79.0 Å². The Morgan fingerprint density at radius 2 is 2.00 bits per heavy atom. The first-order valence-electron chi connectivity index (χ1n) is 9.11. The highest BCUT2D eigenvalue weighted by molar-refractivity contribution is 6.06. The maximum Gasteiger partial charge on any atom is 0.254 e. The summed E-state index contributed by atoms with van der Waals surface area (Å²) in [7, 11) is 2.81. The van der Waals surface area contributed by atoms with Crippen molar-refractivity contribution in [3.8, 4) is 5.75 Å². The van der Waals surface area contributed by atoms with E-state index in [1.807, 2.05) is 0 Å². The predicted octanol–water partition coefficient (Wildman–Crippen LogP) is 2.67. The summed E-state index contributed by atoms with van der Waals surface area (Å²) in [6.07, 6.45) is 0.141. The summed E-state index contributed by atoms with van der Waals surface area (Å²) in [5, 5.41) is 2.79. The van der Waals surface area contributed by atoms with Gasteiger partial charge in [0.25, 0.3) is 5.91 Å². The second kappa shape index (κ2) is 8.30. The highest BCUT2D eigenvalue weighted by Crippen LogP contribution is 2.31. The molecule has 8 heteroatoms. The normalized spacial score (nSPS) is 15.8. The Morgan fingerprint density at radius 1 is 1.28 bits per heavy atom. The van der Waals surface area contributed by atoms with Crippen molar-refractivity contribution in [3.05, 3.63) is 53.8 Å². The van der Waals surface area contributed by atoms with Gasteiger partial charge < -0.3 is 19.9 Å². The molecule has 29 heavy (non-hydrogen) atoms. The summed E-state index contributed by atoms with van der Waals surface area (Å²) in [5.74, 6) is -1.64. The van der Waals surface area contributed by atoms with E-state index in [0.29, 0.717) is 11.4 Å². The van der Waals surface area contributed by atoms with E-state index in [2.05, 4.69) is 5.32 Å². The van der Waals surface area contributed by atoms with Crippen LogP contribution in [0.3, 0.4) is 0 Å². The molecule has 0 saturated heterocycles. The molecule has 0 radical (unpaired) electrons. The number of carbonyl (C=O) groups is 3. The summed E-state index contributed by atoms with van der Waals surface area (Å²) in [5.41, 5.74) is 1.23. The van der Waals surface area contributed by atoms with E-state index in [1.165, 1.54) is 36.1 Å². The highest BCUT2D eigenvalue weighted by Gasteiger charge is 2.30. The number of nitrogens with one attached hydrogen (secondary N) is 1. The minimum Gasteiger partial charge on any atom is -0.494 e. The Labute approximate surface area is 168 Å². The number of ether oxygens (including phenoxy) is 1. The van der Waals surface area contributed by atoms with Gasteiger partial charge in [-0.3, -0.25) is 14.4 Å². The highest BCUT2D eigenvalue weighted by atomic mass is 19.1. The number of hydrogen-bond acceptors (Lipinski definition) is 4. The molecule has 3 rings (SSSR count). The predicted molar refractivity (Wildman–Crippen MR) is 107 cm³/mol. The number of hydrogen-bond donors (Lipinski definition) is 1. The minimum atomic E-state index is -0.655. The second-order valence-corrected chi connectivity index (χ2v) is 6.89. The summed E-state index contributed by atoms with van der Waals surface area (Å²) in [6.45, 7) is 1.56. The van der Waals surface area contributed by atoms with Crippen LogP contribution in [0.2, 0.25) is 0 Å². The third kappa shape index (κ3) is 4.21. The van der Waals surface area contributed by atoms with E-state index in [4.69, 9.17) is 4.74 Å². The Morgan fingerprint density at radius 3 is 2.69 bits per heavy atom. The Hall–Kier alpha value is -3.42. The van der Waals surface area contributed by atoms with Crippen molar-refractivity contribution in [3.63, 3.8) is 0 Å². The van der Waals surface area contributed by atoms with Gasteiger partial charge in [-0.15, -0.1) is 0 Å². The van der Waals surface area contributed by atoms with E-state index in [0.717, 1.165) is 6.07 Å². The molecule has 0 bridgehead atoms. The number of rotatable bonds is 4. The van der Waals surface area contributed by atoms with Gasteiger partial charge in [0.2, 0.25) is 11.8 Å². The lowest BCUT2D eigenvalue weighted by Gasteiger charge is -2.29. The van der Waals surface area contributed by atoms with Crippen LogP contribution in [0, 0.1) is 5.82 Å². The molecular formula is C21H22FN3O4. The number of benzene rings is 2. The zero-order chi connectivity index (χ0) is 21.1. The smallest absolute Gasteiger partial charge is 0.254 e. The Kier molecular flexibility index (Phi) is 5.81. The zero-order valence-corrected chi connectivity index (χ0v) is 16.4. The number of likely N-dealkylation sites (N-methyl/N-ethyl adjacent to an activating group) is 1. The quantitative estimate of drug-likeness (QED) is 0.857. The third-order valence-corrected chi connectivity index (χ3v) is 4.75. The zero-order valence-electron chi connectivity index (χ0n) is 16.4. The number of amides is 3. The van der Waals surface area contributed by atoms with E-state index in [-0.39, 0.29) is 42.1 Å². The van der Waals surface area contributed by atoms with Crippen LogP contribution >= 0.6 is 0 Å². The molecule has 0 saturated carbocycles. The molecule has 0 unspecified atom stereocenters. The lowest BCUT2D eigenvalue weighted by Crippen LogP contribution is -2.45.